The minimum atomic E-state index is -0.247. The van der Waals surface area contributed by atoms with Gasteiger partial charge in [0.15, 0.2) is 0 Å². The van der Waals surface area contributed by atoms with Gasteiger partial charge in [-0.15, -0.1) is 0 Å². The van der Waals surface area contributed by atoms with Crippen molar-refractivity contribution in [3.05, 3.63) is 0 Å². The van der Waals surface area contributed by atoms with Crippen LogP contribution in [-0.4, -0.2) is 35.1 Å². The van der Waals surface area contributed by atoms with Crippen molar-refractivity contribution < 1.29 is 9.53 Å². The van der Waals surface area contributed by atoms with Crippen molar-refractivity contribution in [3.63, 3.8) is 0 Å². The van der Waals surface area contributed by atoms with Crippen molar-refractivity contribution >= 4 is 5.91 Å². The van der Waals surface area contributed by atoms with Gasteiger partial charge in [-0.05, 0) is 58.3 Å². The highest BCUT2D eigenvalue weighted by atomic mass is 16.5. The Kier molecular flexibility index (Phi) is 4.45. The van der Waals surface area contributed by atoms with Crippen LogP contribution < -0.4 is 0 Å². The van der Waals surface area contributed by atoms with Crippen molar-refractivity contribution in [2.45, 2.75) is 84.8 Å². The first kappa shape index (κ1) is 16.8. The Hall–Kier alpha value is -0.570. The van der Waals surface area contributed by atoms with E-state index in [4.69, 9.17) is 4.74 Å². The highest BCUT2D eigenvalue weighted by Gasteiger charge is 2.40. The summed E-state index contributed by atoms with van der Waals surface area (Å²) in [5, 5.41) is 0. The largest absolute Gasteiger partial charge is 0.366 e. The topological polar surface area (TPSA) is 29.5 Å². The predicted octanol–water partition coefficient (Wildman–Crippen LogP) is 4.01. The van der Waals surface area contributed by atoms with Crippen molar-refractivity contribution in [1.82, 2.24) is 4.90 Å². The highest BCUT2D eigenvalue weighted by Crippen LogP contribution is 2.40. The molecule has 0 radical (unpaired) electrons. The van der Waals surface area contributed by atoms with Crippen molar-refractivity contribution in [3.8, 4) is 0 Å². The summed E-state index contributed by atoms with van der Waals surface area (Å²) >= 11 is 0. The molecule has 1 heterocycles. The molecule has 1 atom stereocenters. The van der Waals surface area contributed by atoms with E-state index in [0.717, 1.165) is 6.42 Å². The molecular weight excluding hydrogens is 262 g/mol. The van der Waals surface area contributed by atoms with E-state index in [1.807, 2.05) is 4.90 Å². The van der Waals surface area contributed by atoms with E-state index in [2.05, 4.69) is 41.5 Å². The molecule has 2 rings (SSSR count). The number of rotatable bonds is 2. The number of morpholine rings is 1. The summed E-state index contributed by atoms with van der Waals surface area (Å²) in [5.74, 6) is 0.887. The van der Waals surface area contributed by atoms with E-state index in [1.165, 1.54) is 25.7 Å². The maximum atomic E-state index is 12.7. The minimum absolute atomic E-state index is 0.247. The summed E-state index contributed by atoms with van der Waals surface area (Å²) in [6.45, 7) is 14.4. The summed E-state index contributed by atoms with van der Waals surface area (Å²) in [6.07, 6.45) is 5.69. The van der Waals surface area contributed by atoms with E-state index >= 15 is 0 Å². The molecule has 21 heavy (non-hydrogen) atoms. The van der Waals surface area contributed by atoms with Crippen molar-refractivity contribution in [2.24, 2.45) is 11.3 Å². The molecule has 0 aromatic heterocycles. The second kappa shape index (κ2) is 5.57. The third-order valence-corrected chi connectivity index (χ3v) is 4.82. The predicted molar refractivity (Wildman–Crippen MR) is 86.2 cm³/mol. The summed E-state index contributed by atoms with van der Waals surface area (Å²) < 4.78 is 6.07. The Morgan fingerprint density at radius 2 is 1.67 bits per heavy atom. The van der Waals surface area contributed by atoms with Crippen molar-refractivity contribution in [1.29, 1.82) is 0 Å². The molecule has 3 nitrogen and oxygen atoms in total. The molecule has 1 aliphatic heterocycles. The average molecular weight is 295 g/mol. The normalized spacial score (nSPS) is 31.0. The van der Waals surface area contributed by atoms with Gasteiger partial charge in [0.2, 0.25) is 5.91 Å². The lowest BCUT2D eigenvalue weighted by molar-refractivity contribution is -0.188. The van der Waals surface area contributed by atoms with E-state index < -0.39 is 0 Å². The molecule has 1 saturated heterocycles. The quantitative estimate of drug-likeness (QED) is 0.770. The zero-order valence-corrected chi connectivity index (χ0v) is 14.8. The van der Waals surface area contributed by atoms with Gasteiger partial charge in [-0.3, -0.25) is 4.79 Å². The average Bonchev–Trinajstić information content (AvgIpc) is 2.22. The van der Waals surface area contributed by atoms with E-state index in [-0.39, 0.29) is 11.2 Å². The number of carbonyl (C=O) groups is 1. The maximum Gasteiger partial charge on any atom is 0.223 e. The monoisotopic (exact) mass is 295 g/mol. The molecule has 122 valence electrons. The molecular formula is C18H33NO2. The van der Waals surface area contributed by atoms with Crippen LogP contribution in [0.2, 0.25) is 0 Å². The lowest BCUT2D eigenvalue weighted by Gasteiger charge is -2.47. The first-order valence-electron chi connectivity index (χ1n) is 8.46. The molecule has 1 saturated carbocycles. The van der Waals surface area contributed by atoms with Gasteiger partial charge in [-0.25, -0.2) is 0 Å². The van der Waals surface area contributed by atoms with Gasteiger partial charge in [0, 0.05) is 19.5 Å². The standard InChI is InChI=1S/C18H33NO2/c1-16(2)9-7-8-14(11-16)10-15(20)19-12-17(3,4)21-18(5,6)13-19/h14H,7-13H2,1-6H3. The number of carbonyl (C=O) groups excluding carboxylic acids is 1. The molecule has 0 N–H and O–H groups in total. The smallest absolute Gasteiger partial charge is 0.223 e. The van der Waals surface area contributed by atoms with Crippen LogP contribution in [0.15, 0.2) is 0 Å². The van der Waals surface area contributed by atoms with Gasteiger partial charge < -0.3 is 9.64 Å². The Bertz CT molecular complexity index is 382. The van der Waals surface area contributed by atoms with Gasteiger partial charge in [0.1, 0.15) is 0 Å². The lowest BCUT2D eigenvalue weighted by Crippen LogP contribution is -2.58. The summed E-state index contributed by atoms with van der Waals surface area (Å²) in [6, 6.07) is 0. The summed E-state index contributed by atoms with van der Waals surface area (Å²) in [4.78, 5) is 14.8. The Morgan fingerprint density at radius 3 is 2.19 bits per heavy atom. The van der Waals surface area contributed by atoms with Crippen LogP contribution in [-0.2, 0) is 9.53 Å². The number of ether oxygens (including phenoxy) is 1. The van der Waals surface area contributed by atoms with Gasteiger partial charge in [-0.1, -0.05) is 20.3 Å². The number of hydrogen-bond acceptors (Lipinski definition) is 2. The zero-order chi connectivity index (χ0) is 15.9. The second-order valence-electron chi connectivity index (χ2n) is 9.20. The van der Waals surface area contributed by atoms with Gasteiger partial charge in [0.25, 0.3) is 0 Å². The van der Waals surface area contributed by atoms with E-state index in [9.17, 15) is 4.79 Å². The summed E-state index contributed by atoms with van der Waals surface area (Å²) in [7, 11) is 0. The maximum absolute atomic E-state index is 12.7. The Labute approximate surface area is 130 Å². The highest BCUT2D eigenvalue weighted by molar-refractivity contribution is 5.76. The van der Waals surface area contributed by atoms with Gasteiger partial charge in [0.05, 0.1) is 11.2 Å². The van der Waals surface area contributed by atoms with Crippen LogP contribution >= 0.6 is 0 Å². The molecule has 1 amide bonds. The van der Waals surface area contributed by atoms with Crippen LogP contribution in [0.1, 0.15) is 73.6 Å². The first-order chi connectivity index (χ1) is 9.48. The van der Waals surface area contributed by atoms with Crippen LogP contribution in [0.5, 0.6) is 0 Å². The number of amides is 1. The molecule has 2 aliphatic rings. The van der Waals surface area contributed by atoms with Crippen LogP contribution in [0, 0.1) is 11.3 Å². The molecule has 0 bridgehead atoms. The first-order valence-corrected chi connectivity index (χ1v) is 8.46. The number of hydrogen-bond donors (Lipinski definition) is 0. The fraction of sp³-hybridized carbons (Fsp3) is 0.944. The molecule has 0 aromatic carbocycles. The van der Waals surface area contributed by atoms with Gasteiger partial charge in [-0.2, -0.15) is 0 Å². The minimum Gasteiger partial charge on any atom is -0.366 e. The third kappa shape index (κ3) is 4.70. The molecule has 0 aromatic rings. The van der Waals surface area contributed by atoms with Crippen LogP contribution in [0.25, 0.3) is 0 Å². The molecule has 2 fully saturated rings. The van der Waals surface area contributed by atoms with Crippen LogP contribution in [0.4, 0.5) is 0 Å². The fourth-order valence-corrected chi connectivity index (χ4v) is 4.37. The van der Waals surface area contributed by atoms with E-state index in [0.29, 0.717) is 30.3 Å². The molecule has 0 spiro atoms. The number of nitrogens with zero attached hydrogens (tertiary/aromatic N) is 1. The third-order valence-electron chi connectivity index (χ3n) is 4.82. The second-order valence-corrected chi connectivity index (χ2v) is 9.20. The molecule has 1 aliphatic carbocycles. The Balaban J connectivity index is 1.96. The van der Waals surface area contributed by atoms with Crippen LogP contribution in [0.3, 0.4) is 0 Å². The van der Waals surface area contributed by atoms with Crippen molar-refractivity contribution in [2.75, 3.05) is 13.1 Å². The lowest BCUT2D eigenvalue weighted by atomic mass is 9.71. The SMILES string of the molecule is CC1(C)CCCC(CC(=O)N2CC(C)(C)OC(C)(C)C2)C1. The molecule has 3 heteroatoms. The zero-order valence-electron chi connectivity index (χ0n) is 14.8. The fourth-order valence-electron chi connectivity index (χ4n) is 4.37. The molecule has 1 unspecified atom stereocenters. The summed E-state index contributed by atoms with van der Waals surface area (Å²) in [5.41, 5.74) is -0.0841. The van der Waals surface area contributed by atoms with Gasteiger partial charge >= 0.3 is 0 Å². The van der Waals surface area contributed by atoms with E-state index in [1.54, 1.807) is 0 Å². The Morgan fingerprint density at radius 1 is 1.10 bits per heavy atom.